The number of nitrogens with two attached hydrogens (primary N) is 1. The number of nitrogens with zero attached hydrogens (tertiary/aromatic N) is 2. The molecule has 20 heavy (non-hydrogen) atoms. The molecule has 3 N–H and O–H groups in total. The van der Waals surface area contributed by atoms with Crippen molar-refractivity contribution < 1.29 is 19.0 Å². The van der Waals surface area contributed by atoms with Crippen molar-refractivity contribution in [2.75, 3.05) is 12.8 Å². The van der Waals surface area contributed by atoms with Crippen molar-refractivity contribution in [1.29, 1.82) is 5.26 Å². The predicted octanol–water partition coefficient (Wildman–Crippen LogP) is 1.56. The second-order valence-electron chi connectivity index (χ2n) is 3.91. The van der Waals surface area contributed by atoms with E-state index in [0.29, 0.717) is 0 Å². The van der Waals surface area contributed by atoms with Crippen LogP contribution in [0.15, 0.2) is 24.4 Å². The molecule has 0 saturated carbocycles. The van der Waals surface area contributed by atoms with Gasteiger partial charge in [0, 0.05) is 12.3 Å². The van der Waals surface area contributed by atoms with Gasteiger partial charge in [0.25, 0.3) is 0 Å². The summed E-state index contributed by atoms with van der Waals surface area (Å²) >= 11 is 0. The van der Waals surface area contributed by atoms with Gasteiger partial charge in [-0.1, -0.05) is 0 Å². The van der Waals surface area contributed by atoms with E-state index in [1.54, 1.807) is 0 Å². The van der Waals surface area contributed by atoms with E-state index in [9.17, 15) is 14.3 Å². The molecule has 2 aromatic rings. The number of methoxy groups -OCH3 is 1. The minimum Gasteiger partial charge on any atom is -0.506 e. The summed E-state index contributed by atoms with van der Waals surface area (Å²) in [5.41, 5.74) is 5.70. The van der Waals surface area contributed by atoms with Crippen LogP contribution in [0.2, 0.25) is 0 Å². The second-order valence-corrected chi connectivity index (χ2v) is 3.91. The van der Waals surface area contributed by atoms with Gasteiger partial charge in [0.1, 0.15) is 17.6 Å². The third-order valence-electron chi connectivity index (χ3n) is 2.74. The van der Waals surface area contributed by atoms with Crippen LogP contribution in [0.3, 0.4) is 0 Å². The molecule has 0 saturated heterocycles. The van der Waals surface area contributed by atoms with Crippen molar-refractivity contribution in [3.05, 3.63) is 41.5 Å². The number of rotatable bonds is 2. The lowest BCUT2D eigenvalue weighted by molar-refractivity contribution is 0.0593. The SMILES string of the molecule is COC(=O)c1c(N)c(C#N)cn1-c1ccc(F)cc1O. The number of carbonyl (C=O) groups is 1. The second kappa shape index (κ2) is 4.93. The minimum absolute atomic E-state index is 0.0501. The topological polar surface area (TPSA) is 101 Å². The van der Waals surface area contributed by atoms with Gasteiger partial charge in [-0.3, -0.25) is 0 Å². The maximum absolute atomic E-state index is 13.0. The number of halogens is 1. The molecule has 0 fully saturated rings. The largest absolute Gasteiger partial charge is 0.506 e. The van der Waals surface area contributed by atoms with Crippen LogP contribution in [0, 0.1) is 17.1 Å². The summed E-state index contributed by atoms with van der Waals surface area (Å²) in [5.74, 6) is -1.80. The third-order valence-corrected chi connectivity index (χ3v) is 2.74. The fourth-order valence-electron chi connectivity index (χ4n) is 1.80. The maximum Gasteiger partial charge on any atom is 0.357 e. The third kappa shape index (κ3) is 2.03. The number of hydrogen-bond donors (Lipinski definition) is 2. The number of nitrogen functional groups attached to an aromatic ring is 1. The molecular formula is C13H10FN3O3. The number of anilines is 1. The average molecular weight is 275 g/mol. The lowest BCUT2D eigenvalue weighted by atomic mass is 10.2. The zero-order valence-electron chi connectivity index (χ0n) is 10.4. The van der Waals surface area contributed by atoms with Gasteiger partial charge in [-0.2, -0.15) is 5.26 Å². The van der Waals surface area contributed by atoms with Crippen LogP contribution in [0.5, 0.6) is 5.75 Å². The number of phenols is 1. The normalized spacial score (nSPS) is 10.1. The van der Waals surface area contributed by atoms with Gasteiger partial charge in [-0.15, -0.1) is 0 Å². The molecule has 0 aliphatic rings. The van der Waals surface area contributed by atoms with Gasteiger partial charge in [0.2, 0.25) is 0 Å². The Labute approximate surface area is 113 Å². The Balaban J connectivity index is 2.74. The summed E-state index contributed by atoms with van der Waals surface area (Å²) in [6.07, 6.45) is 1.27. The van der Waals surface area contributed by atoms with Gasteiger partial charge in [-0.05, 0) is 12.1 Å². The molecule has 0 aliphatic carbocycles. The first-order valence-corrected chi connectivity index (χ1v) is 5.47. The predicted molar refractivity (Wildman–Crippen MR) is 67.9 cm³/mol. The molecule has 0 amide bonds. The van der Waals surface area contributed by atoms with Crippen LogP contribution >= 0.6 is 0 Å². The number of phenolic OH excluding ortho intramolecular Hbond substituents is 1. The molecule has 0 unspecified atom stereocenters. The summed E-state index contributed by atoms with van der Waals surface area (Å²) in [7, 11) is 1.16. The van der Waals surface area contributed by atoms with E-state index >= 15 is 0 Å². The van der Waals surface area contributed by atoms with E-state index in [4.69, 9.17) is 11.0 Å². The molecule has 1 aromatic heterocycles. The number of aromatic hydroxyl groups is 1. The standard InChI is InChI=1S/C13H10FN3O3/c1-20-13(19)12-11(16)7(5-15)6-17(12)9-3-2-8(14)4-10(9)18/h2-4,6,18H,16H2,1H3. The fraction of sp³-hybridized carbons (Fsp3) is 0.0769. The number of esters is 1. The van der Waals surface area contributed by atoms with Gasteiger partial charge in [0.05, 0.1) is 24.0 Å². The summed E-state index contributed by atoms with van der Waals surface area (Å²) in [4.78, 5) is 11.7. The van der Waals surface area contributed by atoms with Crippen molar-refractivity contribution in [3.8, 4) is 17.5 Å². The first-order valence-electron chi connectivity index (χ1n) is 5.47. The highest BCUT2D eigenvalue weighted by Crippen LogP contribution is 2.29. The Bertz CT molecular complexity index is 731. The van der Waals surface area contributed by atoms with Crippen molar-refractivity contribution in [1.82, 2.24) is 4.57 Å². The van der Waals surface area contributed by atoms with Crippen molar-refractivity contribution in [2.45, 2.75) is 0 Å². The van der Waals surface area contributed by atoms with E-state index in [1.165, 1.54) is 16.8 Å². The first kappa shape index (κ1) is 13.4. The number of hydrogen-bond acceptors (Lipinski definition) is 5. The zero-order chi connectivity index (χ0) is 14.9. The molecule has 2 rings (SSSR count). The molecule has 1 aromatic carbocycles. The molecular weight excluding hydrogens is 265 g/mol. The number of carbonyl (C=O) groups excluding carboxylic acids is 1. The van der Waals surface area contributed by atoms with Crippen molar-refractivity contribution in [3.63, 3.8) is 0 Å². The quantitative estimate of drug-likeness (QED) is 0.810. The van der Waals surface area contributed by atoms with E-state index in [1.807, 2.05) is 6.07 Å². The molecule has 0 aliphatic heterocycles. The lowest BCUT2D eigenvalue weighted by Gasteiger charge is -2.10. The number of aromatic nitrogens is 1. The molecule has 1 heterocycles. The fourth-order valence-corrected chi connectivity index (χ4v) is 1.80. The Hall–Kier alpha value is -3.01. The number of benzene rings is 1. The van der Waals surface area contributed by atoms with Crippen LogP contribution < -0.4 is 5.73 Å². The maximum atomic E-state index is 13.0. The highest BCUT2D eigenvalue weighted by atomic mass is 19.1. The van der Waals surface area contributed by atoms with Crippen LogP contribution in [-0.2, 0) is 4.74 Å². The van der Waals surface area contributed by atoms with E-state index in [-0.39, 0.29) is 22.6 Å². The molecule has 6 nitrogen and oxygen atoms in total. The van der Waals surface area contributed by atoms with Crippen LogP contribution in [0.25, 0.3) is 5.69 Å². The molecule has 0 atom stereocenters. The molecule has 102 valence electrons. The summed E-state index contributed by atoms with van der Waals surface area (Å²) < 4.78 is 18.8. The van der Waals surface area contributed by atoms with Crippen molar-refractivity contribution in [2.24, 2.45) is 0 Å². The Morgan fingerprint density at radius 3 is 2.80 bits per heavy atom. The minimum atomic E-state index is -0.771. The number of ether oxygens (including phenoxy) is 1. The van der Waals surface area contributed by atoms with E-state index in [2.05, 4.69) is 4.74 Å². The van der Waals surface area contributed by atoms with Crippen LogP contribution in [0.4, 0.5) is 10.1 Å². The Kier molecular flexibility index (Phi) is 3.31. The summed E-state index contributed by atoms with van der Waals surface area (Å²) in [6.45, 7) is 0. The molecule has 7 heteroatoms. The van der Waals surface area contributed by atoms with E-state index < -0.39 is 17.5 Å². The van der Waals surface area contributed by atoms with Gasteiger partial charge >= 0.3 is 5.97 Å². The lowest BCUT2D eigenvalue weighted by Crippen LogP contribution is -2.11. The number of nitriles is 1. The average Bonchev–Trinajstić information content (AvgIpc) is 2.74. The molecule has 0 bridgehead atoms. The Morgan fingerprint density at radius 1 is 1.55 bits per heavy atom. The first-order chi connectivity index (χ1) is 9.49. The van der Waals surface area contributed by atoms with E-state index in [0.717, 1.165) is 19.2 Å². The van der Waals surface area contributed by atoms with Gasteiger partial charge < -0.3 is 20.1 Å². The molecule has 0 spiro atoms. The Morgan fingerprint density at radius 2 is 2.25 bits per heavy atom. The van der Waals surface area contributed by atoms with Crippen LogP contribution in [0.1, 0.15) is 16.1 Å². The van der Waals surface area contributed by atoms with Gasteiger partial charge in [-0.25, -0.2) is 9.18 Å². The highest BCUT2D eigenvalue weighted by Gasteiger charge is 2.23. The van der Waals surface area contributed by atoms with Crippen LogP contribution in [-0.4, -0.2) is 22.8 Å². The zero-order valence-corrected chi connectivity index (χ0v) is 10.4. The smallest absolute Gasteiger partial charge is 0.357 e. The van der Waals surface area contributed by atoms with Gasteiger partial charge in [0.15, 0.2) is 5.69 Å². The monoisotopic (exact) mass is 275 g/mol. The molecule has 0 radical (unpaired) electrons. The highest BCUT2D eigenvalue weighted by molar-refractivity contribution is 5.96. The van der Waals surface area contributed by atoms with Crippen molar-refractivity contribution >= 4 is 11.7 Å². The summed E-state index contributed by atoms with van der Waals surface area (Å²) in [5, 5.41) is 18.7. The summed E-state index contributed by atoms with van der Waals surface area (Å²) in [6, 6.07) is 5.08.